The molecule has 4 heterocycles. The minimum absolute atomic E-state index is 0.166. The first-order valence-corrected chi connectivity index (χ1v) is 14.5. The maximum Gasteiger partial charge on any atom is 0.352 e. The Bertz CT molecular complexity index is 1360. The number of carbonyl (C=O) groups is 4. The van der Waals surface area contributed by atoms with Crippen molar-refractivity contribution in [3.63, 3.8) is 0 Å². The third-order valence-electron chi connectivity index (χ3n) is 5.82. The molecule has 0 radical (unpaired) electrons. The summed E-state index contributed by atoms with van der Waals surface area (Å²) in [5.74, 6) is -2.08. The molecule has 1 saturated heterocycles. The Labute approximate surface area is 235 Å². The van der Waals surface area contributed by atoms with Crippen molar-refractivity contribution in [3.05, 3.63) is 56.7 Å². The monoisotopic (exact) mass is 589 g/mol. The summed E-state index contributed by atoms with van der Waals surface area (Å²) in [7, 11) is 0. The first-order valence-electron chi connectivity index (χ1n) is 11.6. The number of carboxylic acids is 1. The highest BCUT2D eigenvalue weighted by atomic mass is 32.2. The summed E-state index contributed by atoms with van der Waals surface area (Å²) in [6, 6.07) is 5.64. The van der Waals surface area contributed by atoms with E-state index in [-0.39, 0.29) is 23.7 Å². The Balaban J connectivity index is 1.46. The molecular formula is C23H23N7O6S3. The van der Waals surface area contributed by atoms with Crippen molar-refractivity contribution in [1.29, 1.82) is 5.26 Å². The van der Waals surface area contributed by atoms with E-state index in [9.17, 15) is 29.5 Å². The second-order valence-electron chi connectivity index (χ2n) is 8.27. The standard InChI is InChI=1S/C23H23N7O6S3/c1-2-13-5-6-15(30(36)28-13)38-10-12-11-39-21-17(20(32)29(21)18(12)22(33)34)26-19(31)16(14-4-3-9-37-14)27-23(35)25-8-7-24/h3-6,9,16-17,21H,2,8,10-11H2,1H3,(H,26,31)(H,33,34)(H2,25,27,35)/t16?,17-,21?/m0/s1. The molecular weight excluding hydrogens is 566 g/mol. The summed E-state index contributed by atoms with van der Waals surface area (Å²) in [6.07, 6.45) is 0.604. The number of hydrogen-bond donors (Lipinski definition) is 4. The number of thiophene rings is 1. The molecule has 0 saturated carbocycles. The molecule has 13 nitrogen and oxygen atoms in total. The molecule has 0 spiro atoms. The van der Waals surface area contributed by atoms with Gasteiger partial charge in [0, 0.05) is 27.5 Å². The number of aromatic nitrogens is 2. The van der Waals surface area contributed by atoms with Crippen molar-refractivity contribution in [3.8, 4) is 6.07 Å². The van der Waals surface area contributed by atoms with Crippen molar-refractivity contribution in [2.45, 2.75) is 35.8 Å². The first-order chi connectivity index (χ1) is 18.7. The maximum atomic E-state index is 13.1. The predicted octanol–water partition coefficient (Wildman–Crippen LogP) is 0.734. The number of rotatable bonds is 10. The number of nitriles is 1. The van der Waals surface area contributed by atoms with E-state index in [1.807, 2.05) is 6.92 Å². The molecule has 0 bridgehead atoms. The molecule has 39 heavy (non-hydrogen) atoms. The summed E-state index contributed by atoms with van der Waals surface area (Å²) in [4.78, 5) is 52.6. The normalized spacial score (nSPS) is 18.9. The zero-order valence-corrected chi connectivity index (χ0v) is 22.9. The molecule has 4 amide bonds. The van der Waals surface area contributed by atoms with E-state index in [2.05, 4.69) is 21.0 Å². The van der Waals surface area contributed by atoms with Gasteiger partial charge in [-0.05, 0) is 46.1 Å². The highest BCUT2D eigenvalue weighted by Gasteiger charge is 2.54. The zero-order valence-electron chi connectivity index (χ0n) is 20.4. The van der Waals surface area contributed by atoms with E-state index in [1.54, 1.807) is 35.7 Å². The van der Waals surface area contributed by atoms with Crippen molar-refractivity contribution in [1.82, 2.24) is 25.9 Å². The van der Waals surface area contributed by atoms with E-state index in [1.165, 1.54) is 23.1 Å². The van der Waals surface area contributed by atoms with Crippen LogP contribution in [0.5, 0.6) is 0 Å². The largest absolute Gasteiger partial charge is 0.593 e. The van der Waals surface area contributed by atoms with Gasteiger partial charge in [-0.3, -0.25) is 14.5 Å². The van der Waals surface area contributed by atoms with Gasteiger partial charge in [0.25, 0.3) is 10.9 Å². The molecule has 204 valence electrons. The van der Waals surface area contributed by atoms with Crippen LogP contribution in [0, 0.1) is 16.5 Å². The van der Waals surface area contributed by atoms with Crippen LogP contribution in [-0.4, -0.2) is 68.4 Å². The van der Waals surface area contributed by atoms with Crippen molar-refractivity contribution in [2.24, 2.45) is 0 Å². The number of nitrogens with zero attached hydrogens (tertiary/aromatic N) is 4. The predicted molar refractivity (Wildman–Crippen MR) is 142 cm³/mol. The van der Waals surface area contributed by atoms with Gasteiger partial charge in [-0.2, -0.15) is 5.26 Å². The highest BCUT2D eigenvalue weighted by Crippen LogP contribution is 2.41. The fourth-order valence-corrected chi connectivity index (χ4v) is 7.06. The third kappa shape index (κ3) is 6.10. The van der Waals surface area contributed by atoms with Crippen LogP contribution < -0.4 is 20.8 Å². The topological polar surface area (TPSA) is 191 Å². The van der Waals surface area contributed by atoms with E-state index < -0.39 is 41.3 Å². The molecule has 0 aromatic carbocycles. The number of aliphatic carboxylic acids is 1. The molecule has 3 atom stereocenters. The molecule has 2 aromatic rings. The maximum absolute atomic E-state index is 13.1. The lowest BCUT2D eigenvalue weighted by atomic mass is 10.0. The quantitative estimate of drug-likeness (QED) is 0.101. The van der Waals surface area contributed by atoms with E-state index in [4.69, 9.17) is 5.26 Å². The fraction of sp³-hybridized carbons (Fsp3) is 0.348. The Morgan fingerprint density at radius 1 is 1.38 bits per heavy atom. The molecule has 1 fully saturated rings. The highest BCUT2D eigenvalue weighted by molar-refractivity contribution is 8.01. The van der Waals surface area contributed by atoms with Gasteiger partial charge in [-0.1, -0.05) is 13.0 Å². The minimum Gasteiger partial charge on any atom is -0.593 e. The number of nitrogens with one attached hydrogen (secondary N) is 3. The number of β-lactam (4-membered cyclic amide) rings is 1. The van der Waals surface area contributed by atoms with Crippen LogP contribution in [0.3, 0.4) is 0 Å². The summed E-state index contributed by atoms with van der Waals surface area (Å²) in [5.41, 5.74) is 0.939. The van der Waals surface area contributed by atoms with Gasteiger partial charge in [0.2, 0.25) is 5.91 Å². The summed E-state index contributed by atoms with van der Waals surface area (Å²) >= 11 is 3.65. The lowest BCUT2D eigenvalue weighted by Gasteiger charge is -2.49. The first kappa shape index (κ1) is 28.2. The number of aryl methyl sites for hydroxylation is 1. The number of thioether (sulfide) groups is 2. The lowest BCUT2D eigenvalue weighted by molar-refractivity contribution is -0.707. The Kier molecular flexibility index (Phi) is 8.94. The molecule has 2 unspecified atom stereocenters. The van der Waals surface area contributed by atoms with Crippen molar-refractivity contribution >= 4 is 58.7 Å². The summed E-state index contributed by atoms with van der Waals surface area (Å²) in [6.45, 7) is 1.63. The molecule has 0 aliphatic carbocycles. The summed E-state index contributed by atoms with van der Waals surface area (Å²) < 4.78 is 0. The van der Waals surface area contributed by atoms with Crippen LogP contribution in [0.15, 0.2) is 45.9 Å². The summed E-state index contributed by atoms with van der Waals surface area (Å²) in [5, 5.41) is 43.5. The lowest BCUT2D eigenvalue weighted by Crippen LogP contribution is -2.71. The molecule has 2 aliphatic heterocycles. The SMILES string of the molecule is CCc1ccc(SCC2=C(C(=O)O)N3C(=O)[C@H](NC(=O)C(NC(=O)NCC#N)c4cccs4)C3SC2)[n+]([O-])n1. The van der Waals surface area contributed by atoms with Crippen LogP contribution in [0.1, 0.15) is 23.5 Å². The van der Waals surface area contributed by atoms with Crippen molar-refractivity contribution < 1.29 is 29.1 Å². The molecule has 4 rings (SSSR count). The number of fused-ring (bicyclic) bond motifs is 1. The number of carbonyl (C=O) groups excluding carboxylic acids is 3. The molecule has 2 aliphatic rings. The fourth-order valence-electron chi connectivity index (χ4n) is 3.94. The average molecular weight is 590 g/mol. The van der Waals surface area contributed by atoms with Gasteiger partial charge < -0.3 is 26.3 Å². The third-order valence-corrected chi connectivity index (χ3v) is 9.18. The van der Waals surface area contributed by atoms with Gasteiger partial charge in [0.1, 0.15) is 35.4 Å². The number of hydrogen-bond acceptors (Lipinski definition) is 10. The Morgan fingerprint density at radius 3 is 2.82 bits per heavy atom. The van der Waals surface area contributed by atoms with Crippen LogP contribution in [-0.2, 0) is 20.8 Å². The Morgan fingerprint density at radius 2 is 2.18 bits per heavy atom. The van der Waals surface area contributed by atoms with E-state index >= 15 is 0 Å². The van der Waals surface area contributed by atoms with E-state index in [0.29, 0.717) is 32.4 Å². The van der Waals surface area contributed by atoms with Crippen LogP contribution in [0.4, 0.5) is 4.79 Å². The number of carboxylic acid groups (broad SMARTS) is 1. The van der Waals surface area contributed by atoms with Gasteiger partial charge in [0.05, 0.1) is 6.07 Å². The Hall–Kier alpha value is -3.81. The van der Waals surface area contributed by atoms with Crippen molar-refractivity contribution in [2.75, 3.05) is 18.1 Å². The van der Waals surface area contributed by atoms with E-state index in [0.717, 1.165) is 16.7 Å². The molecule has 4 N–H and O–H groups in total. The van der Waals surface area contributed by atoms with Crippen LogP contribution in [0.25, 0.3) is 0 Å². The number of urea groups is 1. The van der Waals surface area contributed by atoms with Gasteiger partial charge in [-0.15, -0.1) is 23.1 Å². The number of amides is 4. The minimum atomic E-state index is -1.28. The average Bonchev–Trinajstić information content (AvgIpc) is 3.46. The second-order valence-corrected chi connectivity index (χ2v) is 11.3. The van der Waals surface area contributed by atoms with Crippen LogP contribution >= 0.6 is 34.9 Å². The van der Waals surface area contributed by atoms with Gasteiger partial charge in [0.15, 0.2) is 0 Å². The zero-order chi connectivity index (χ0) is 28.1. The molecule has 16 heteroatoms. The van der Waals surface area contributed by atoms with Crippen LogP contribution in [0.2, 0.25) is 0 Å². The molecule has 2 aromatic heterocycles. The van der Waals surface area contributed by atoms with Gasteiger partial charge in [-0.25, -0.2) is 9.59 Å². The second kappa shape index (κ2) is 12.4. The van der Waals surface area contributed by atoms with Gasteiger partial charge >= 0.3 is 12.0 Å². The smallest absolute Gasteiger partial charge is 0.352 e.